The van der Waals surface area contributed by atoms with E-state index < -0.39 is 23.8 Å². The Hall–Kier alpha value is -6.28. The number of ether oxygens (including phenoxy) is 1. The maximum Gasteiger partial charge on any atom is 0.342 e. The van der Waals surface area contributed by atoms with Crippen LogP contribution in [0.5, 0.6) is 5.75 Å². The maximum atomic E-state index is 14.4. The second-order valence-electron chi connectivity index (χ2n) is 12.3. The summed E-state index contributed by atoms with van der Waals surface area (Å²) in [7, 11) is 0. The normalized spacial score (nSPS) is 14.1. The summed E-state index contributed by atoms with van der Waals surface area (Å²) in [6, 6.07) is 40.3. The summed E-state index contributed by atoms with van der Waals surface area (Å²) in [6.45, 7) is 4.76. The molecule has 1 fully saturated rings. The summed E-state index contributed by atoms with van der Waals surface area (Å²) in [5.41, 5.74) is 6.90. The van der Waals surface area contributed by atoms with Gasteiger partial charge in [0.25, 0.3) is 11.8 Å². The minimum atomic E-state index is -1.35. The molecule has 0 radical (unpaired) electrons. The minimum Gasteiger partial charge on any atom is -0.489 e. The number of aromatic nitrogens is 1. The van der Waals surface area contributed by atoms with Crippen molar-refractivity contribution in [2.24, 2.45) is 10.9 Å². The van der Waals surface area contributed by atoms with E-state index in [1.807, 2.05) is 98.8 Å². The van der Waals surface area contributed by atoms with Crippen LogP contribution >= 0.6 is 0 Å². The van der Waals surface area contributed by atoms with E-state index in [1.54, 1.807) is 48.5 Å². The van der Waals surface area contributed by atoms with Gasteiger partial charge in [-0.15, -0.1) is 0 Å². The fraction of sp³-hybridized carbons (Fsp3) is 0.143. The first-order valence-corrected chi connectivity index (χ1v) is 16.6. The molecule has 8 nitrogen and oxygen atoms in total. The number of benzene rings is 5. The highest BCUT2D eigenvalue weighted by Gasteiger charge is 2.49. The highest BCUT2D eigenvalue weighted by Crippen LogP contribution is 2.32. The largest absolute Gasteiger partial charge is 0.489 e. The zero-order valence-corrected chi connectivity index (χ0v) is 27.9. The smallest absolute Gasteiger partial charge is 0.342 e. The highest BCUT2D eigenvalue weighted by molar-refractivity contribution is 6.43. The van der Waals surface area contributed by atoms with E-state index in [0.717, 1.165) is 48.8 Å². The molecule has 2 heterocycles. The molecule has 0 unspecified atom stereocenters. The number of carbonyl (C=O) groups is 3. The summed E-state index contributed by atoms with van der Waals surface area (Å²) >= 11 is 0. The van der Waals surface area contributed by atoms with E-state index in [1.165, 1.54) is 0 Å². The Balaban J connectivity index is 1.25. The molecule has 1 N–H and O–H groups in total. The van der Waals surface area contributed by atoms with Crippen molar-refractivity contribution in [2.75, 3.05) is 16.3 Å². The highest BCUT2D eigenvalue weighted by atomic mass is 16.5. The molecular weight excluding hydrogens is 624 g/mol. The van der Waals surface area contributed by atoms with Crippen LogP contribution in [0.2, 0.25) is 0 Å². The number of carbonyl (C=O) groups excluding carboxylic acids is 3. The number of aromatic amines is 1. The molecule has 0 bridgehead atoms. The Morgan fingerprint density at radius 2 is 1.30 bits per heavy atom. The van der Waals surface area contributed by atoms with Gasteiger partial charge in [0, 0.05) is 23.1 Å². The van der Waals surface area contributed by atoms with Crippen molar-refractivity contribution in [3.63, 3.8) is 0 Å². The van der Waals surface area contributed by atoms with Crippen molar-refractivity contribution < 1.29 is 19.1 Å². The van der Waals surface area contributed by atoms with Crippen LogP contribution in [0.4, 0.5) is 16.2 Å². The number of barbiturate groups is 1. The lowest BCUT2D eigenvalue weighted by Gasteiger charge is -2.37. The van der Waals surface area contributed by atoms with Gasteiger partial charge in [0.2, 0.25) is 0 Å². The van der Waals surface area contributed by atoms with Crippen LogP contribution in [0.25, 0.3) is 10.9 Å². The van der Waals surface area contributed by atoms with Gasteiger partial charge in [0.15, 0.2) is 5.92 Å². The standard InChI is InChI=1S/C42H36N4O4/c1-28-18-20-31(21-19-28)39(38-40(47)45(32-14-8-4-9-15-32)42(49)46(41(38)48)33-16-10-5-11-17-33)43-25-24-35-29(2)44-37-23-22-34(26-36(35)37)50-27-30-12-6-3-7-13-30/h3-23,26,38,44H,24-25,27H2,1-2H3. The predicted octanol–water partition coefficient (Wildman–Crippen LogP) is 8.21. The third-order valence-corrected chi connectivity index (χ3v) is 8.95. The molecule has 0 spiro atoms. The number of aliphatic imine (C=N–C) groups is 1. The number of nitrogens with one attached hydrogen (secondary N) is 1. The molecule has 0 atom stereocenters. The second-order valence-corrected chi connectivity index (χ2v) is 12.3. The summed E-state index contributed by atoms with van der Waals surface area (Å²) < 4.78 is 6.13. The number of aryl methyl sites for hydroxylation is 2. The fourth-order valence-corrected chi connectivity index (χ4v) is 6.39. The number of anilines is 2. The molecule has 8 heteroatoms. The number of hydrogen-bond acceptors (Lipinski definition) is 5. The van der Waals surface area contributed by atoms with Gasteiger partial charge >= 0.3 is 6.03 Å². The Bertz CT molecular complexity index is 2130. The molecule has 6 aromatic rings. The molecular formula is C42H36N4O4. The first-order chi connectivity index (χ1) is 24.4. The third-order valence-electron chi connectivity index (χ3n) is 8.95. The van der Waals surface area contributed by atoms with Gasteiger partial charge in [0.1, 0.15) is 12.4 Å². The van der Waals surface area contributed by atoms with Gasteiger partial charge in [-0.2, -0.15) is 0 Å². The van der Waals surface area contributed by atoms with Crippen molar-refractivity contribution in [3.8, 4) is 5.75 Å². The molecule has 1 aromatic heterocycles. The van der Waals surface area contributed by atoms with Crippen molar-refractivity contribution in [2.45, 2.75) is 26.9 Å². The van der Waals surface area contributed by atoms with Gasteiger partial charge in [-0.1, -0.05) is 96.6 Å². The van der Waals surface area contributed by atoms with Crippen LogP contribution < -0.4 is 14.5 Å². The Kier molecular flexibility index (Phi) is 9.08. The van der Waals surface area contributed by atoms with E-state index in [-0.39, 0.29) is 0 Å². The number of nitrogens with zero attached hydrogens (tertiary/aromatic N) is 3. The zero-order valence-electron chi connectivity index (χ0n) is 27.9. The number of H-pyrrole nitrogens is 1. The van der Waals surface area contributed by atoms with Crippen LogP contribution in [0.1, 0.15) is 27.9 Å². The minimum absolute atomic E-state index is 0.299. The third kappa shape index (κ3) is 6.43. The molecule has 0 aliphatic carbocycles. The Morgan fingerprint density at radius 1 is 0.720 bits per heavy atom. The van der Waals surface area contributed by atoms with Crippen LogP contribution in [0, 0.1) is 19.8 Å². The lowest BCUT2D eigenvalue weighted by Crippen LogP contribution is -2.62. The molecule has 1 saturated heterocycles. The van der Waals surface area contributed by atoms with Crippen LogP contribution in [0.15, 0.2) is 138 Å². The summed E-state index contributed by atoms with van der Waals surface area (Å²) in [4.78, 5) is 53.4. The number of imide groups is 2. The number of urea groups is 1. The molecule has 248 valence electrons. The Morgan fingerprint density at radius 3 is 1.90 bits per heavy atom. The second kappa shape index (κ2) is 14.1. The lowest BCUT2D eigenvalue weighted by molar-refractivity contribution is -0.129. The van der Waals surface area contributed by atoms with Crippen molar-refractivity contribution in [1.82, 2.24) is 4.98 Å². The number of rotatable bonds is 10. The zero-order chi connectivity index (χ0) is 34.6. The van der Waals surface area contributed by atoms with Crippen molar-refractivity contribution in [1.29, 1.82) is 0 Å². The monoisotopic (exact) mass is 660 g/mol. The van der Waals surface area contributed by atoms with E-state index in [4.69, 9.17) is 9.73 Å². The summed E-state index contributed by atoms with van der Waals surface area (Å²) in [6.07, 6.45) is 0.544. The molecule has 1 aliphatic rings. The predicted molar refractivity (Wildman–Crippen MR) is 197 cm³/mol. The van der Waals surface area contributed by atoms with E-state index in [0.29, 0.717) is 42.2 Å². The van der Waals surface area contributed by atoms with Gasteiger partial charge in [0.05, 0.1) is 17.1 Å². The first-order valence-electron chi connectivity index (χ1n) is 16.6. The van der Waals surface area contributed by atoms with Gasteiger partial charge in [-0.05, 0) is 79.4 Å². The summed E-state index contributed by atoms with van der Waals surface area (Å²) in [5, 5.41) is 1.03. The Labute approximate surface area is 290 Å². The quantitative estimate of drug-likeness (QED) is 0.118. The topological polar surface area (TPSA) is 95.1 Å². The van der Waals surface area contributed by atoms with Crippen molar-refractivity contribution in [3.05, 3.63) is 161 Å². The van der Waals surface area contributed by atoms with Crippen LogP contribution in [-0.4, -0.2) is 35.1 Å². The first kappa shape index (κ1) is 32.3. The van der Waals surface area contributed by atoms with Crippen molar-refractivity contribution >= 4 is 45.8 Å². The van der Waals surface area contributed by atoms with E-state index in [9.17, 15) is 14.4 Å². The molecule has 50 heavy (non-hydrogen) atoms. The number of amides is 4. The van der Waals surface area contributed by atoms with E-state index >= 15 is 0 Å². The van der Waals surface area contributed by atoms with Gasteiger partial charge in [-0.3, -0.25) is 14.6 Å². The fourth-order valence-electron chi connectivity index (χ4n) is 6.39. The maximum absolute atomic E-state index is 14.4. The van der Waals surface area contributed by atoms with E-state index in [2.05, 4.69) is 4.98 Å². The molecule has 7 rings (SSSR count). The SMILES string of the molecule is Cc1ccc(C(=NCCc2c(C)[nH]c3ccc(OCc4ccccc4)cc23)C2C(=O)N(c3ccccc3)C(=O)N(c3ccccc3)C2=O)cc1. The summed E-state index contributed by atoms with van der Waals surface area (Å²) in [5.74, 6) is -1.87. The molecule has 5 aromatic carbocycles. The van der Waals surface area contributed by atoms with Gasteiger partial charge in [-0.25, -0.2) is 14.6 Å². The van der Waals surface area contributed by atoms with Crippen LogP contribution in [-0.2, 0) is 22.6 Å². The molecule has 0 saturated carbocycles. The van der Waals surface area contributed by atoms with Gasteiger partial charge < -0.3 is 9.72 Å². The molecule has 4 amide bonds. The lowest BCUT2D eigenvalue weighted by atomic mass is 9.91. The average molecular weight is 661 g/mol. The average Bonchev–Trinajstić information content (AvgIpc) is 3.45. The number of fused-ring (bicyclic) bond motifs is 1. The number of hydrogen-bond donors (Lipinski definition) is 1. The molecule has 1 aliphatic heterocycles. The van der Waals surface area contributed by atoms with Crippen LogP contribution in [0.3, 0.4) is 0 Å². The number of para-hydroxylation sites is 2.